The summed E-state index contributed by atoms with van der Waals surface area (Å²) in [6.45, 7) is 0.518. The zero-order valence-electron chi connectivity index (χ0n) is 18.0. The van der Waals surface area contributed by atoms with E-state index in [1.165, 1.54) is 13.2 Å². The maximum Gasteiger partial charge on any atom is 0.255 e. The van der Waals surface area contributed by atoms with Crippen molar-refractivity contribution >= 4 is 17.3 Å². The van der Waals surface area contributed by atoms with Crippen LogP contribution >= 0.6 is 0 Å². The van der Waals surface area contributed by atoms with E-state index in [0.717, 1.165) is 5.69 Å². The maximum atomic E-state index is 14.3. The Bertz CT molecular complexity index is 1350. The SMILES string of the molecule is COc1c(F)cccc1Nc1c(-c2ccncc2Oc2cnn(C)c2)[nH]c2c1C(=O)NCC2. The number of aromatic nitrogens is 4. The van der Waals surface area contributed by atoms with Crippen molar-refractivity contribution in [1.82, 2.24) is 25.1 Å². The van der Waals surface area contributed by atoms with Crippen molar-refractivity contribution in [3.05, 3.63) is 66.1 Å². The topological polar surface area (TPSA) is 106 Å². The van der Waals surface area contributed by atoms with Crippen LogP contribution in [-0.4, -0.2) is 39.3 Å². The fraction of sp³-hybridized carbons (Fsp3) is 0.174. The second-order valence-corrected chi connectivity index (χ2v) is 7.50. The first-order valence-electron chi connectivity index (χ1n) is 10.3. The molecule has 33 heavy (non-hydrogen) atoms. The van der Waals surface area contributed by atoms with Crippen LogP contribution in [0.25, 0.3) is 11.3 Å². The summed E-state index contributed by atoms with van der Waals surface area (Å²) >= 11 is 0. The Balaban J connectivity index is 1.65. The van der Waals surface area contributed by atoms with E-state index in [-0.39, 0.29) is 11.7 Å². The number of rotatable bonds is 6. The van der Waals surface area contributed by atoms with Gasteiger partial charge in [-0.25, -0.2) is 4.39 Å². The molecular weight excluding hydrogens is 427 g/mol. The molecule has 3 N–H and O–H groups in total. The third-order valence-corrected chi connectivity index (χ3v) is 5.36. The van der Waals surface area contributed by atoms with Gasteiger partial charge in [-0.15, -0.1) is 0 Å². The van der Waals surface area contributed by atoms with E-state index < -0.39 is 5.82 Å². The highest BCUT2D eigenvalue weighted by atomic mass is 19.1. The number of benzene rings is 1. The Morgan fingerprint density at radius 2 is 2.12 bits per heavy atom. The van der Waals surface area contributed by atoms with Crippen LogP contribution < -0.4 is 20.1 Å². The number of nitrogens with zero attached hydrogens (tertiary/aromatic N) is 3. The van der Waals surface area contributed by atoms with E-state index in [2.05, 4.69) is 25.7 Å². The molecule has 0 atom stereocenters. The summed E-state index contributed by atoms with van der Waals surface area (Å²) < 4.78 is 27.3. The number of para-hydroxylation sites is 1. The quantitative estimate of drug-likeness (QED) is 0.415. The summed E-state index contributed by atoms with van der Waals surface area (Å²) in [5.74, 6) is 0.333. The van der Waals surface area contributed by atoms with Gasteiger partial charge in [-0.05, 0) is 18.2 Å². The molecule has 0 fully saturated rings. The van der Waals surface area contributed by atoms with Crippen molar-refractivity contribution in [2.24, 2.45) is 7.05 Å². The molecule has 0 bridgehead atoms. The first-order valence-corrected chi connectivity index (χ1v) is 10.3. The number of ether oxygens (including phenoxy) is 2. The summed E-state index contributed by atoms with van der Waals surface area (Å²) in [6, 6.07) is 6.36. The Labute approximate surface area is 188 Å². The minimum Gasteiger partial charge on any atom is -0.492 e. The number of hydrogen-bond acceptors (Lipinski definition) is 6. The number of nitrogens with one attached hydrogen (secondary N) is 3. The zero-order valence-corrected chi connectivity index (χ0v) is 18.0. The van der Waals surface area contributed by atoms with E-state index >= 15 is 0 Å². The molecule has 0 radical (unpaired) electrons. The molecule has 0 unspecified atom stereocenters. The highest BCUT2D eigenvalue weighted by molar-refractivity contribution is 6.06. The molecule has 4 aromatic rings. The molecular formula is C23H21FN6O3. The number of carbonyl (C=O) groups is 1. The standard InChI is InChI=1S/C23H21FN6O3/c1-30-12-13(10-27-30)33-18-11-25-8-6-14(18)20-21(19-16(28-20)7-9-26-23(19)31)29-17-5-3-4-15(24)22(17)32-2/h3-6,8,10-12,28-29H,7,9H2,1-2H3,(H,26,31). The molecule has 1 aliphatic heterocycles. The summed E-state index contributed by atoms with van der Waals surface area (Å²) in [4.78, 5) is 20.4. The molecule has 0 saturated carbocycles. The van der Waals surface area contributed by atoms with Gasteiger partial charge in [0, 0.05) is 37.5 Å². The van der Waals surface area contributed by atoms with Gasteiger partial charge in [-0.3, -0.25) is 14.5 Å². The lowest BCUT2D eigenvalue weighted by Gasteiger charge is -2.17. The van der Waals surface area contributed by atoms with Crippen molar-refractivity contribution in [3.8, 4) is 28.5 Å². The summed E-state index contributed by atoms with van der Waals surface area (Å²) in [5, 5.41) is 10.2. The third-order valence-electron chi connectivity index (χ3n) is 5.36. The van der Waals surface area contributed by atoms with Crippen LogP contribution in [0.3, 0.4) is 0 Å². The Morgan fingerprint density at radius 1 is 1.24 bits per heavy atom. The van der Waals surface area contributed by atoms with Crippen LogP contribution in [0.4, 0.5) is 15.8 Å². The van der Waals surface area contributed by atoms with Crippen LogP contribution in [-0.2, 0) is 13.5 Å². The monoisotopic (exact) mass is 448 g/mol. The lowest BCUT2D eigenvalue weighted by atomic mass is 10.0. The number of carbonyl (C=O) groups excluding carboxylic acids is 1. The lowest BCUT2D eigenvalue weighted by Crippen LogP contribution is -2.31. The fourth-order valence-corrected chi connectivity index (χ4v) is 3.90. The predicted octanol–water partition coefficient (Wildman–Crippen LogP) is 3.78. The van der Waals surface area contributed by atoms with Gasteiger partial charge in [0.05, 0.1) is 48.3 Å². The van der Waals surface area contributed by atoms with E-state index in [9.17, 15) is 9.18 Å². The summed E-state index contributed by atoms with van der Waals surface area (Å²) in [6.07, 6.45) is 7.19. The van der Waals surface area contributed by atoms with Gasteiger partial charge in [0.1, 0.15) is 0 Å². The van der Waals surface area contributed by atoms with Gasteiger partial charge in [0.25, 0.3) is 5.91 Å². The molecule has 0 spiro atoms. The van der Waals surface area contributed by atoms with Crippen molar-refractivity contribution in [2.45, 2.75) is 6.42 Å². The van der Waals surface area contributed by atoms with Gasteiger partial charge in [0.15, 0.2) is 23.1 Å². The highest BCUT2D eigenvalue weighted by Crippen LogP contribution is 2.42. The van der Waals surface area contributed by atoms with Crippen molar-refractivity contribution < 1.29 is 18.7 Å². The van der Waals surface area contributed by atoms with Gasteiger partial charge < -0.3 is 25.1 Å². The number of pyridine rings is 1. The number of hydrogen-bond donors (Lipinski definition) is 3. The van der Waals surface area contributed by atoms with Crippen LogP contribution in [0, 0.1) is 5.82 Å². The molecule has 10 heteroatoms. The number of anilines is 2. The number of H-pyrrole nitrogens is 1. The van der Waals surface area contributed by atoms with E-state index in [4.69, 9.17) is 9.47 Å². The van der Waals surface area contributed by atoms with Crippen molar-refractivity contribution in [3.63, 3.8) is 0 Å². The number of methoxy groups -OCH3 is 1. The van der Waals surface area contributed by atoms with Gasteiger partial charge in [-0.2, -0.15) is 5.10 Å². The average Bonchev–Trinajstić information content (AvgIpc) is 3.38. The zero-order chi connectivity index (χ0) is 22.9. The number of halogens is 1. The molecule has 4 heterocycles. The molecule has 1 aliphatic rings. The largest absolute Gasteiger partial charge is 0.492 e. The number of amides is 1. The molecule has 1 amide bonds. The first-order chi connectivity index (χ1) is 16.0. The van der Waals surface area contributed by atoms with Crippen molar-refractivity contribution in [1.29, 1.82) is 0 Å². The molecule has 168 valence electrons. The smallest absolute Gasteiger partial charge is 0.255 e. The minimum absolute atomic E-state index is 0.0520. The molecule has 0 aliphatic carbocycles. The number of aromatic amines is 1. The normalized spacial score (nSPS) is 12.8. The second-order valence-electron chi connectivity index (χ2n) is 7.50. The third kappa shape index (κ3) is 3.75. The lowest BCUT2D eigenvalue weighted by molar-refractivity contribution is 0.0947. The van der Waals surface area contributed by atoms with E-state index in [1.807, 2.05) is 0 Å². The molecule has 1 aromatic carbocycles. The Hall–Kier alpha value is -4.34. The Kier molecular flexibility index (Phi) is 5.17. The second kappa shape index (κ2) is 8.30. The first kappa shape index (κ1) is 20.6. The van der Waals surface area contributed by atoms with Crippen LogP contribution in [0.1, 0.15) is 16.1 Å². The maximum absolute atomic E-state index is 14.3. The highest BCUT2D eigenvalue weighted by Gasteiger charge is 2.29. The summed E-state index contributed by atoms with van der Waals surface area (Å²) in [7, 11) is 3.19. The Morgan fingerprint density at radius 3 is 2.91 bits per heavy atom. The van der Waals surface area contributed by atoms with Gasteiger partial charge in [0.2, 0.25) is 0 Å². The summed E-state index contributed by atoms with van der Waals surface area (Å²) in [5.41, 5.74) is 3.41. The minimum atomic E-state index is -0.512. The fourth-order valence-electron chi connectivity index (χ4n) is 3.90. The van der Waals surface area contributed by atoms with Crippen LogP contribution in [0.15, 0.2) is 49.1 Å². The number of fused-ring (bicyclic) bond motifs is 1. The van der Waals surface area contributed by atoms with E-state index in [0.29, 0.717) is 52.7 Å². The van der Waals surface area contributed by atoms with Crippen molar-refractivity contribution in [2.75, 3.05) is 19.0 Å². The van der Waals surface area contributed by atoms with Gasteiger partial charge >= 0.3 is 0 Å². The molecule has 3 aromatic heterocycles. The molecule has 5 rings (SSSR count). The van der Waals surface area contributed by atoms with E-state index in [1.54, 1.807) is 54.7 Å². The van der Waals surface area contributed by atoms with Crippen LogP contribution in [0.5, 0.6) is 17.2 Å². The molecule has 9 nitrogen and oxygen atoms in total. The van der Waals surface area contributed by atoms with Crippen LogP contribution in [0.2, 0.25) is 0 Å². The number of aryl methyl sites for hydroxylation is 1. The predicted molar refractivity (Wildman–Crippen MR) is 120 cm³/mol. The molecule has 0 saturated heterocycles. The average molecular weight is 448 g/mol. The van der Waals surface area contributed by atoms with Gasteiger partial charge in [-0.1, -0.05) is 6.07 Å².